The molecule has 0 bridgehead atoms. The minimum atomic E-state index is -0.296. The van der Waals surface area contributed by atoms with E-state index in [0.29, 0.717) is 0 Å². The molecule has 0 aromatic carbocycles. The molecular formula is C2H2N4S. The van der Waals surface area contributed by atoms with E-state index in [9.17, 15) is 0 Å². The van der Waals surface area contributed by atoms with Crippen molar-refractivity contribution in [3.05, 3.63) is 0 Å². The third-order valence-electron chi connectivity index (χ3n) is 0.502. The highest BCUT2D eigenvalue weighted by Gasteiger charge is 2.01. The lowest BCUT2D eigenvalue weighted by Crippen LogP contribution is -1.92. The number of nitrogens with zero attached hydrogens (tertiary/aromatic N) is 4. The van der Waals surface area contributed by atoms with Gasteiger partial charge in [0.15, 0.2) is 0 Å². The summed E-state index contributed by atoms with van der Waals surface area (Å²) in [6.07, 6.45) is -0.296. The molecule has 0 radical (unpaired) electrons. The lowest BCUT2D eigenvalue weighted by molar-refractivity contribution is 0.935. The largest absolute Gasteiger partial charge is 0.213 e. The highest BCUT2D eigenvalue weighted by atomic mass is 32.1. The van der Waals surface area contributed by atoms with Crippen LogP contribution in [0.4, 0.5) is 0 Å². The zero-order valence-electron chi connectivity index (χ0n) is 3.35. The van der Waals surface area contributed by atoms with Gasteiger partial charge in [-0.05, 0) is 10.4 Å². The average molecular weight is 114 g/mol. The summed E-state index contributed by atoms with van der Waals surface area (Å²) in [5.41, 5.74) is 0. The molecule has 1 aliphatic heterocycles. The topological polar surface area (TPSA) is 49.4 Å². The summed E-state index contributed by atoms with van der Waals surface area (Å²) in [6, 6.07) is 0. The second-order valence-electron chi connectivity index (χ2n) is 0.960. The minimum absolute atomic E-state index is 0.296. The SMILES string of the molecule is S=CC1N=NN=N1. The monoisotopic (exact) mass is 114 g/mol. The number of rotatable bonds is 1. The van der Waals surface area contributed by atoms with Crippen molar-refractivity contribution in [1.82, 2.24) is 0 Å². The third-order valence-corrected chi connectivity index (χ3v) is 0.745. The van der Waals surface area contributed by atoms with Crippen LogP contribution in [0.5, 0.6) is 0 Å². The summed E-state index contributed by atoms with van der Waals surface area (Å²) in [6.45, 7) is 0. The molecule has 0 atom stereocenters. The third kappa shape index (κ3) is 0.833. The fourth-order valence-corrected chi connectivity index (χ4v) is 0.338. The molecule has 4 nitrogen and oxygen atoms in total. The molecule has 36 valence electrons. The van der Waals surface area contributed by atoms with Gasteiger partial charge in [0.25, 0.3) is 0 Å². The number of hydrogen-bond donors (Lipinski definition) is 0. The van der Waals surface area contributed by atoms with E-state index in [0.717, 1.165) is 0 Å². The molecular weight excluding hydrogens is 112 g/mol. The Kier molecular flexibility index (Phi) is 1.16. The summed E-state index contributed by atoms with van der Waals surface area (Å²) >= 11 is 4.48. The van der Waals surface area contributed by atoms with Crippen molar-refractivity contribution < 1.29 is 0 Å². The van der Waals surface area contributed by atoms with Crippen molar-refractivity contribution in [2.24, 2.45) is 20.7 Å². The van der Waals surface area contributed by atoms with Crippen LogP contribution in [0.1, 0.15) is 0 Å². The van der Waals surface area contributed by atoms with Gasteiger partial charge in [0, 0.05) is 5.37 Å². The van der Waals surface area contributed by atoms with Crippen LogP contribution < -0.4 is 0 Å². The molecule has 0 saturated carbocycles. The lowest BCUT2D eigenvalue weighted by Gasteiger charge is -1.79. The maximum absolute atomic E-state index is 4.48. The zero-order chi connectivity index (χ0) is 5.11. The van der Waals surface area contributed by atoms with Gasteiger partial charge < -0.3 is 0 Å². The van der Waals surface area contributed by atoms with Gasteiger partial charge in [-0.15, -0.1) is 10.2 Å². The van der Waals surface area contributed by atoms with Gasteiger partial charge >= 0.3 is 0 Å². The van der Waals surface area contributed by atoms with E-state index in [4.69, 9.17) is 0 Å². The summed E-state index contributed by atoms with van der Waals surface area (Å²) < 4.78 is 0. The molecule has 1 heterocycles. The van der Waals surface area contributed by atoms with Crippen molar-refractivity contribution in [1.29, 1.82) is 0 Å². The van der Waals surface area contributed by atoms with Crippen LogP contribution in [0.15, 0.2) is 20.7 Å². The molecule has 0 fully saturated rings. The highest BCUT2D eigenvalue weighted by molar-refractivity contribution is 7.79. The van der Waals surface area contributed by atoms with E-state index in [2.05, 4.69) is 32.9 Å². The van der Waals surface area contributed by atoms with Crippen LogP contribution in [-0.2, 0) is 0 Å². The maximum atomic E-state index is 4.48. The Morgan fingerprint density at radius 1 is 1.29 bits per heavy atom. The second-order valence-corrected chi connectivity index (χ2v) is 1.23. The molecule has 5 heteroatoms. The average Bonchev–Trinajstić information content (AvgIpc) is 2.14. The maximum Gasteiger partial charge on any atom is 0.213 e. The Bertz CT molecular complexity index is 116. The van der Waals surface area contributed by atoms with Crippen molar-refractivity contribution in [2.45, 2.75) is 6.17 Å². The molecule has 0 spiro atoms. The van der Waals surface area contributed by atoms with Crippen molar-refractivity contribution in [3.8, 4) is 0 Å². The molecule has 7 heavy (non-hydrogen) atoms. The van der Waals surface area contributed by atoms with E-state index in [1.54, 1.807) is 0 Å². The van der Waals surface area contributed by atoms with Crippen LogP contribution >= 0.6 is 12.2 Å². The summed E-state index contributed by atoms with van der Waals surface area (Å²) in [7, 11) is 0. The van der Waals surface area contributed by atoms with Crippen LogP contribution in [0, 0.1) is 0 Å². The van der Waals surface area contributed by atoms with Gasteiger partial charge in [-0.1, -0.05) is 12.2 Å². The fourth-order valence-electron chi connectivity index (χ4n) is 0.230. The Morgan fingerprint density at radius 2 is 1.86 bits per heavy atom. The van der Waals surface area contributed by atoms with Gasteiger partial charge in [-0.3, -0.25) is 0 Å². The van der Waals surface area contributed by atoms with Gasteiger partial charge in [0.2, 0.25) is 6.17 Å². The Morgan fingerprint density at radius 3 is 2.14 bits per heavy atom. The predicted octanol–water partition coefficient (Wildman–Crippen LogP) is 1.15. The first-order valence-corrected chi connectivity index (χ1v) is 2.16. The molecule has 1 rings (SSSR count). The smallest absolute Gasteiger partial charge is 0.133 e. The lowest BCUT2D eigenvalue weighted by atomic mass is 10.6. The van der Waals surface area contributed by atoms with Crippen LogP contribution in [-0.4, -0.2) is 11.5 Å². The molecule has 0 saturated heterocycles. The van der Waals surface area contributed by atoms with Gasteiger partial charge in [0.05, 0.1) is 0 Å². The van der Waals surface area contributed by atoms with Crippen LogP contribution in [0.3, 0.4) is 0 Å². The zero-order valence-corrected chi connectivity index (χ0v) is 4.17. The van der Waals surface area contributed by atoms with Gasteiger partial charge in [0.1, 0.15) is 0 Å². The van der Waals surface area contributed by atoms with Crippen LogP contribution in [0.2, 0.25) is 0 Å². The second kappa shape index (κ2) is 1.83. The van der Waals surface area contributed by atoms with Crippen molar-refractivity contribution in [3.63, 3.8) is 0 Å². The van der Waals surface area contributed by atoms with Crippen LogP contribution in [0.25, 0.3) is 0 Å². The highest BCUT2D eigenvalue weighted by Crippen LogP contribution is 2.00. The summed E-state index contributed by atoms with van der Waals surface area (Å²) in [5, 5.41) is 14.8. The molecule has 0 aromatic heterocycles. The fraction of sp³-hybridized carbons (Fsp3) is 0.500. The van der Waals surface area contributed by atoms with Crippen molar-refractivity contribution in [2.75, 3.05) is 0 Å². The Labute approximate surface area is 45.3 Å². The molecule has 1 aliphatic rings. The van der Waals surface area contributed by atoms with E-state index in [-0.39, 0.29) is 6.17 Å². The Hall–Kier alpha value is -0.710. The predicted molar refractivity (Wildman–Crippen MR) is 27.2 cm³/mol. The van der Waals surface area contributed by atoms with Gasteiger partial charge in [-0.2, -0.15) is 0 Å². The summed E-state index contributed by atoms with van der Waals surface area (Å²) in [5.74, 6) is 0. The number of hydrogen-bond acceptors (Lipinski definition) is 5. The molecule has 0 amide bonds. The van der Waals surface area contributed by atoms with E-state index >= 15 is 0 Å². The van der Waals surface area contributed by atoms with E-state index < -0.39 is 0 Å². The quantitative estimate of drug-likeness (QED) is 0.471. The standard InChI is InChI=1S/C2H2N4S/c7-1-2-3-5-6-4-2/h1-2H. The molecule has 0 aliphatic carbocycles. The normalized spacial score (nSPS) is 18.3. The molecule has 0 aromatic rings. The first kappa shape index (κ1) is 4.45. The molecule has 0 N–H and O–H groups in total. The van der Waals surface area contributed by atoms with E-state index in [1.807, 2.05) is 0 Å². The van der Waals surface area contributed by atoms with Crippen molar-refractivity contribution >= 4 is 17.6 Å². The summed E-state index contributed by atoms with van der Waals surface area (Å²) in [4.78, 5) is 0. The first-order valence-electron chi connectivity index (χ1n) is 1.69. The minimum Gasteiger partial charge on any atom is -0.133 e. The van der Waals surface area contributed by atoms with Gasteiger partial charge in [-0.25, -0.2) is 0 Å². The Balaban J connectivity index is 2.59. The van der Waals surface area contributed by atoms with E-state index in [1.165, 1.54) is 5.37 Å². The number of thiocarbonyl (C=S) groups is 1. The first-order chi connectivity index (χ1) is 3.43. The molecule has 0 unspecified atom stereocenters.